The Morgan fingerprint density at radius 3 is 2.73 bits per heavy atom. The topological polar surface area (TPSA) is 158 Å². The Morgan fingerprint density at radius 2 is 2.12 bits per heavy atom. The van der Waals surface area contributed by atoms with Crippen LogP contribution in [0.3, 0.4) is 0 Å². The lowest BCUT2D eigenvalue weighted by Crippen LogP contribution is -2.49. The third kappa shape index (κ3) is 6.81. The minimum absolute atomic E-state index is 0.0626. The summed E-state index contributed by atoms with van der Waals surface area (Å²) in [6, 6.07) is 0. The summed E-state index contributed by atoms with van der Waals surface area (Å²) < 4.78 is 20.3. The first-order valence-corrected chi connectivity index (χ1v) is 20.4. The summed E-state index contributed by atoms with van der Waals surface area (Å²) in [6.07, 6.45) is -1.45. The molecule has 2 unspecified atom stereocenters. The normalized spacial score (nSPS) is 31.5. The van der Waals surface area contributed by atoms with Crippen molar-refractivity contribution in [3.05, 3.63) is 28.8 Å². The second kappa shape index (κ2) is 12.0. The number of nitrogen functional groups attached to an aromatic ring is 1. The van der Waals surface area contributed by atoms with Gasteiger partial charge < -0.3 is 25.1 Å². The quantitative estimate of drug-likeness (QED) is 0.175. The van der Waals surface area contributed by atoms with E-state index < -0.39 is 55.4 Å². The molecular formula is C26H43N5O6PS2Si+. The number of rotatable bonds is 9. The van der Waals surface area contributed by atoms with Crippen molar-refractivity contribution in [2.24, 2.45) is 5.92 Å². The number of aliphatic hydroxyl groups excluding tert-OH is 2. The Balaban J connectivity index is 1.53. The third-order valence-corrected chi connectivity index (χ3v) is 17.7. The van der Waals surface area contributed by atoms with E-state index in [1.165, 1.54) is 22.3 Å². The molecule has 1 saturated carbocycles. The van der Waals surface area contributed by atoms with Crippen molar-refractivity contribution < 1.29 is 23.9 Å². The fraction of sp³-hybridized carbons (Fsp3) is 0.731. The van der Waals surface area contributed by atoms with Crippen molar-refractivity contribution in [2.45, 2.75) is 107 Å². The standard InChI is InChI=1S/C26H42N5O6PS2Si/c1-14(2)15-9-10-26(6,17(32)11-15)40-38(39)35-12-16-20(37-41(7,8)25(3,4)5)19(33)23(36-16)31-13-28-18-21(31)29-24(27)30-22(18)34/h13,15-17,19-20,23,32-33H,1,9-12H2,2-8H3,(H2-,27,29,30,34)/p+1/t15-,16+,17+,19+,20?,23+,26+/m0/s1. The number of nitrogens with one attached hydrogen (secondary N) is 1. The van der Waals surface area contributed by atoms with E-state index >= 15 is 0 Å². The van der Waals surface area contributed by atoms with Crippen molar-refractivity contribution in [1.82, 2.24) is 19.5 Å². The van der Waals surface area contributed by atoms with E-state index in [-0.39, 0.29) is 28.8 Å². The summed E-state index contributed by atoms with van der Waals surface area (Å²) in [5.41, 5.74) is 6.71. The largest absolute Gasteiger partial charge is 0.415 e. The fourth-order valence-electron chi connectivity index (χ4n) is 5.02. The van der Waals surface area contributed by atoms with Gasteiger partial charge in [-0.3, -0.25) is 14.3 Å². The summed E-state index contributed by atoms with van der Waals surface area (Å²) in [7, 11) is -2.35. The maximum Gasteiger partial charge on any atom is 0.415 e. The highest BCUT2D eigenvalue weighted by Gasteiger charge is 2.52. The zero-order valence-corrected chi connectivity index (χ0v) is 28.3. The molecular weight excluding hydrogens is 602 g/mol. The van der Waals surface area contributed by atoms with Gasteiger partial charge in [-0.2, -0.15) is 9.51 Å². The molecule has 228 valence electrons. The van der Waals surface area contributed by atoms with Gasteiger partial charge in [0.25, 0.3) is 5.56 Å². The smallest absolute Gasteiger partial charge is 0.408 e. The van der Waals surface area contributed by atoms with Crippen LogP contribution in [0, 0.1) is 5.92 Å². The molecule has 0 amide bonds. The number of H-pyrrole nitrogens is 1. The molecule has 1 aliphatic heterocycles. The second-order valence-corrected chi connectivity index (χ2v) is 22.7. The Hall–Kier alpha value is -1.22. The van der Waals surface area contributed by atoms with Crippen molar-refractivity contribution in [2.75, 3.05) is 12.3 Å². The van der Waals surface area contributed by atoms with Crippen molar-refractivity contribution in [3.8, 4) is 0 Å². The Bertz CT molecular complexity index is 1370. The van der Waals surface area contributed by atoms with Crippen LogP contribution in [0.2, 0.25) is 18.1 Å². The first kappa shape index (κ1) is 32.7. The number of aromatic nitrogens is 4. The molecule has 4 rings (SSSR count). The minimum atomic E-state index is -2.35. The van der Waals surface area contributed by atoms with Crippen molar-refractivity contribution in [3.63, 3.8) is 0 Å². The number of aliphatic hydroxyl groups is 2. The molecule has 0 bridgehead atoms. The molecule has 8 atom stereocenters. The molecule has 0 radical (unpaired) electrons. The van der Waals surface area contributed by atoms with E-state index in [1.807, 2.05) is 13.8 Å². The average molecular weight is 645 g/mol. The predicted molar refractivity (Wildman–Crippen MR) is 169 cm³/mol. The zero-order chi connectivity index (χ0) is 30.5. The van der Waals surface area contributed by atoms with E-state index in [0.717, 1.165) is 18.4 Å². The molecule has 0 aromatic carbocycles. The molecule has 15 heteroatoms. The van der Waals surface area contributed by atoms with Crippen LogP contribution in [0.5, 0.6) is 0 Å². The maximum absolute atomic E-state index is 12.3. The Labute approximate surface area is 252 Å². The monoisotopic (exact) mass is 644 g/mol. The van der Waals surface area contributed by atoms with Crippen LogP contribution in [-0.2, 0) is 25.5 Å². The molecule has 1 aliphatic carbocycles. The van der Waals surface area contributed by atoms with Crippen LogP contribution in [-0.4, -0.2) is 73.8 Å². The molecule has 41 heavy (non-hydrogen) atoms. The van der Waals surface area contributed by atoms with Gasteiger partial charge in [-0.15, -0.1) is 0 Å². The average Bonchev–Trinajstić information content (AvgIpc) is 3.39. The van der Waals surface area contributed by atoms with E-state index in [2.05, 4.69) is 55.4 Å². The molecule has 2 aromatic rings. The van der Waals surface area contributed by atoms with Gasteiger partial charge in [0.05, 0.1) is 17.2 Å². The van der Waals surface area contributed by atoms with Crippen molar-refractivity contribution in [1.29, 1.82) is 0 Å². The first-order valence-electron chi connectivity index (χ1n) is 13.8. The minimum Gasteiger partial charge on any atom is -0.408 e. The van der Waals surface area contributed by atoms with Gasteiger partial charge in [-0.1, -0.05) is 32.9 Å². The van der Waals surface area contributed by atoms with Crippen LogP contribution in [0.1, 0.15) is 60.1 Å². The van der Waals surface area contributed by atoms with Crippen LogP contribution in [0.15, 0.2) is 23.3 Å². The van der Waals surface area contributed by atoms with E-state index in [0.29, 0.717) is 12.3 Å². The summed E-state index contributed by atoms with van der Waals surface area (Å²) in [4.78, 5) is 23.2. The zero-order valence-electron chi connectivity index (χ0n) is 24.8. The third-order valence-electron chi connectivity index (χ3n) is 8.80. The molecule has 2 aromatic heterocycles. The van der Waals surface area contributed by atoms with Gasteiger partial charge in [0, 0.05) is 0 Å². The molecule has 2 aliphatic rings. The summed E-state index contributed by atoms with van der Waals surface area (Å²) in [5, 5.41) is 22.4. The number of hydrogen-bond acceptors (Lipinski definition) is 11. The van der Waals surface area contributed by atoms with Gasteiger partial charge in [0.15, 0.2) is 25.7 Å². The first-order chi connectivity index (χ1) is 18.9. The number of fused-ring (bicyclic) bond motifs is 1. The number of nitrogens with zero attached hydrogens (tertiary/aromatic N) is 3. The SMILES string of the molecule is C=C(C)[C@H]1CC[C@@](C)(S[P+](=S)OC[C@H]2O[C@@H](n3cnc4c(=O)[nH]c(N)nc43)[C@H](O)C2O[Si](C)(C)C(C)(C)C)[C@H](O)C1. The predicted octanol–water partition coefficient (Wildman–Crippen LogP) is 4.37. The van der Waals surface area contributed by atoms with E-state index in [9.17, 15) is 15.0 Å². The molecule has 2 fully saturated rings. The lowest BCUT2D eigenvalue weighted by atomic mass is 9.77. The van der Waals surface area contributed by atoms with Crippen molar-refractivity contribution >= 4 is 54.7 Å². The van der Waals surface area contributed by atoms with Gasteiger partial charge in [-0.25, -0.2) is 4.98 Å². The maximum atomic E-state index is 12.3. The van der Waals surface area contributed by atoms with Gasteiger partial charge in [-0.05, 0) is 57.2 Å². The summed E-state index contributed by atoms with van der Waals surface area (Å²) in [5.74, 6) is 0.251. The number of allylic oxidation sites excluding steroid dienone is 1. The summed E-state index contributed by atoms with van der Waals surface area (Å²) >= 11 is 7.25. The number of anilines is 1. The summed E-state index contributed by atoms with van der Waals surface area (Å²) in [6.45, 7) is 18.8. The number of aromatic amines is 1. The van der Waals surface area contributed by atoms with Gasteiger partial charge in [0.2, 0.25) is 17.8 Å². The molecule has 1 saturated heterocycles. The molecule has 0 spiro atoms. The highest BCUT2D eigenvalue weighted by atomic mass is 32.9. The Morgan fingerprint density at radius 1 is 1.44 bits per heavy atom. The number of nitrogens with two attached hydrogens (primary N) is 1. The number of imidazole rings is 1. The highest BCUT2D eigenvalue weighted by Crippen LogP contribution is 2.55. The van der Waals surface area contributed by atoms with E-state index in [1.54, 1.807) is 0 Å². The Kier molecular flexibility index (Phi) is 9.60. The lowest BCUT2D eigenvalue weighted by Gasteiger charge is -2.39. The van der Waals surface area contributed by atoms with Crippen LogP contribution < -0.4 is 11.3 Å². The highest BCUT2D eigenvalue weighted by molar-refractivity contribution is 8.63. The molecule has 3 heterocycles. The van der Waals surface area contributed by atoms with E-state index in [4.69, 9.17) is 31.2 Å². The second-order valence-electron chi connectivity index (χ2n) is 12.9. The number of ether oxygens (including phenoxy) is 1. The number of hydrogen-bond donors (Lipinski definition) is 4. The molecule has 5 N–H and O–H groups in total. The van der Waals surface area contributed by atoms with Gasteiger partial charge in [0.1, 0.15) is 36.3 Å². The van der Waals surface area contributed by atoms with Crippen LogP contribution in [0.25, 0.3) is 11.2 Å². The molecule has 11 nitrogen and oxygen atoms in total. The lowest BCUT2D eigenvalue weighted by molar-refractivity contribution is -0.0455. The van der Waals surface area contributed by atoms with Gasteiger partial charge >= 0.3 is 6.13 Å². The fourth-order valence-corrected chi connectivity index (χ4v) is 11.2. The van der Waals surface area contributed by atoms with Crippen LogP contribution in [0.4, 0.5) is 5.95 Å². The van der Waals surface area contributed by atoms with Crippen LogP contribution >= 0.6 is 17.5 Å².